The van der Waals surface area contributed by atoms with Gasteiger partial charge in [0.2, 0.25) is 0 Å². The van der Waals surface area contributed by atoms with Crippen LogP contribution in [0, 0.1) is 0 Å². The van der Waals surface area contributed by atoms with Gasteiger partial charge in [0.1, 0.15) is 13.2 Å². The molecule has 0 aromatic rings. The number of carbonyl (C=O) groups is 3. The summed E-state index contributed by atoms with van der Waals surface area (Å²) in [5.41, 5.74) is 0. The molecule has 1 unspecified atom stereocenters. The molecule has 0 N–H and O–H groups in total. The largest absolute Gasteiger partial charge is 0.462 e. The van der Waals surface area contributed by atoms with Gasteiger partial charge in [0, 0.05) is 19.3 Å². The van der Waals surface area contributed by atoms with Crippen LogP contribution in [-0.4, -0.2) is 37.2 Å². The van der Waals surface area contributed by atoms with Gasteiger partial charge in [-0.1, -0.05) is 235 Å². The zero-order valence-electron chi connectivity index (χ0n) is 42.0. The highest BCUT2D eigenvalue weighted by Crippen LogP contribution is 2.15. The van der Waals surface area contributed by atoms with E-state index in [4.69, 9.17) is 14.2 Å². The zero-order chi connectivity index (χ0) is 46.5. The van der Waals surface area contributed by atoms with Gasteiger partial charge >= 0.3 is 17.9 Å². The number of unbranched alkanes of at least 4 members (excludes halogenated alkanes) is 25. The fourth-order valence-electron chi connectivity index (χ4n) is 7.43. The van der Waals surface area contributed by atoms with Crippen molar-refractivity contribution in [3.63, 3.8) is 0 Å². The Bertz CT molecular complexity index is 1210. The predicted octanol–water partition coefficient (Wildman–Crippen LogP) is 17.8. The molecule has 0 aliphatic rings. The molecule has 0 saturated heterocycles. The van der Waals surface area contributed by atoms with Crippen LogP contribution < -0.4 is 0 Å². The molecule has 368 valence electrons. The van der Waals surface area contributed by atoms with E-state index in [0.29, 0.717) is 19.3 Å². The normalized spacial score (nSPS) is 12.6. The van der Waals surface area contributed by atoms with Gasteiger partial charge in [-0.3, -0.25) is 14.4 Å². The van der Waals surface area contributed by atoms with E-state index >= 15 is 0 Å². The van der Waals surface area contributed by atoms with E-state index in [9.17, 15) is 14.4 Å². The molecule has 0 aromatic carbocycles. The molecule has 0 aliphatic heterocycles. The minimum atomic E-state index is -0.816. The summed E-state index contributed by atoms with van der Waals surface area (Å²) in [6.45, 7) is 6.46. The summed E-state index contributed by atoms with van der Waals surface area (Å²) in [6, 6.07) is 0. The first-order valence-corrected chi connectivity index (χ1v) is 26.9. The van der Waals surface area contributed by atoms with Crippen molar-refractivity contribution in [3.05, 3.63) is 72.9 Å². The predicted molar refractivity (Wildman–Crippen MR) is 274 cm³/mol. The van der Waals surface area contributed by atoms with Crippen LogP contribution in [0.25, 0.3) is 0 Å². The SMILES string of the molecule is CC/C=C\C/C=C\C/C=C\C/C=C\C/C=C\CCC(=O)OC(COC(=O)CCCCCCC/C=C\CCCCCCCCCCC)COC(=O)CCCCCCCCCCCCCC. The molecular weight excluding hydrogens is 793 g/mol. The molecule has 6 nitrogen and oxygen atoms in total. The van der Waals surface area contributed by atoms with E-state index < -0.39 is 12.1 Å². The van der Waals surface area contributed by atoms with Crippen LogP contribution in [0.4, 0.5) is 0 Å². The second kappa shape index (κ2) is 52.5. The lowest BCUT2D eigenvalue weighted by atomic mass is 10.0. The number of esters is 3. The Kier molecular flexibility index (Phi) is 49.9. The second-order valence-electron chi connectivity index (χ2n) is 17.8. The lowest BCUT2D eigenvalue weighted by Gasteiger charge is -2.18. The topological polar surface area (TPSA) is 78.9 Å². The molecule has 0 fully saturated rings. The lowest BCUT2D eigenvalue weighted by Crippen LogP contribution is -2.30. The van der Waals surface area contributed by atoms with Crippen molar-refractivity contribution in [1.29, 1.82) is 0 Å². The first-order valence-electron chi connectivity index (χ1n) is 26.9. The smallest absolute Gasteiger partial charge is 0.306 e. The lowest BCUT2D eigenvalue weighted by molar-refractivity contribution is -0.166. The third-order valence-corrected chi connectivity index (χ3v) is 11.5. The van der Waals surface area contributed by atoms with E-state index in [1.54, 1.807) is 0 Å². The standard InChI is InChI=1S/C58H100O6/c1-4-7-10-13-16-19-22-25-27-29-30-32-33-36-39-42-45-48-51-57(60)63-54-55(53-62-56(59)50-47-44-41-38-35-24-21-18-15-12-9-6-3)64-58(61)52-49-46-43-40-37-34-31-28-26-23-20-17-14-11-8-5-2/h8,11,17,20,26,28,30,32,34,37,43,46,55H,4-7,9-10,12-16,18-19,21-25,27,29,31,33,35-36,38-42,44-45,47-54H2,1-3H3/b11-8-,20-17-,28-26-,32-30-,37-34-,46-43-. The van der Waals surface area contributed by atoms with E-state index in [1.165, 1.54) is 135 Å². The first kappa shape index (κ1) is 60.9. The zero-order valence-corrected chi connectivity index (χ0v) is 42.0. The van der Waals surface area contributed by atoms with Crippen LogP contribution in [0.15, 0.2) is 72.9 Å². The molecule has 1 atom stereocenters. The van der Waals surface area contributed by atoms with Crippen molar-refractivity contribution < 1.29 is 28.6 Å². The summed E-state index contributed by atoms with van der Waals surface area (Å²) >= 11 is 0. The highest BCUT2D eigenvalue weighted by atomic mass is 16.6. The molecule has 0 heterocycles. The van der Waals surface area contributed by atoms with Gasteiger partial charge in [0.15, 0.2) is 6.10 Å². The quantitative estimate of drug-likeness (QED) is 0.0262. The number of hydrogen-bond donors (Lipinski definition) is 0. The van der Waals surface area contributed by atoms with E-state index in [2.05, 4.69) is 81.5 Å². The summed E-state index contributed by atoms with van der Waals surface area (Å²) in [7, 11) is 0. The Morgan fingerprint density at radius 1 is 0.328 bits per heavy atom. The van der Waals surface area contributed by atoms with Crippen LogP contribution in [0.1, 0.15) is 258 Å². The van der Waals surface area contributed by atoms with E-state index in [1.807, 2.05) is 12.2 Å². The molecular formula is C58H100O6. The number of carbonyl (C=O) groups excluding carboxylic acids is 3. The molecule has 0 radical (unpaired) electrons. The Balaban J connectivity index is 4.46. The summed E-state index contributed by atoms with van der Waals surface area (Å²) in [5.74, 6) is -0.994. The molecule has 0 saturated carbocycles. The third-order valence-electron chi connectivity index (χ3n) is 11.5. The van der Waals surface area contributed by atoms with Crippen LogP contribution in [0.2, 0.25) is 0 Å². The van der Waals surface area contributed by atoms with Crippen LogP contribution >= 0.6 is 0 Å². The molecule has 0 spiro atoms. The van der Waals surface area contributed by atoms with E-state index in [-0.39, 0.29) is 31.6 Å². The van der Waals surface area contributed by atoms with Gasteiger partial charge in [-0.05, 0) is 77.0 Å². The van der Waals surface area contributed by atoms with Crippen molar-refractivity contribution in [1.82, 2.24) is 0 Å². The highest BCUT2D eigenvalue weighted by Gasteiger charge is 2.19. The summed E-state index contributed by atoms with van der Waals surface area (Å²) in [6.07, 6.45) is 66.2. The van der Waals surface area contributed by atoms with Crippen molar-refractivity contribution in [2.24, 2.45) is 0 Å². The first-order chi connectivity index (χ1) is 31.5. The fraction of sp³-hybridized carbons (Fsp3) is 0.741. The maximum Gasteiger partial charge on any atom is 0.306 e. The second-order valence-corrected chi connectivity index (χ2v) is 17.8. The Morgan fingerprint density at radius 2 is 0.641 bits per heavy atom. The average Bonchev–Trinajstić information content (AvgIpc) is 3.29. The van der Waals surface area contributed by atoms with Crippen LogP contribution in [0.5, 0.6) is 0 Å². The molecule has 64 heavy (non-hydrogen) atoms. The van der Waals surface area contributed by atoms with Crippen molar-refractivity contribution >= 4 is 17.9 Å². The van der Waals surface area contributed by atoms with Gasteiger partial charge in [0.05, 0.1) is 0 Å². The van der Waals surface area contributed by atoms with Gasteiger partial charge < -0.3 is 14.2 Å². The molecule has 0 amide bonds. The minimum absolute atomic E-state index is 0.106. The van der Waals surface area contributed by atoms with Gasteiger partial charge in [-0.15, -0.1) is 0 Å². The molecule has 0 bridgehead atoms. The Hall–Kier alpha value is -3.15. The molecule has 0 aliphatic carbocycles. The average molecular weight is 893 g/mol. The monoisotopic (exact) mass is 893 g/mol. The van der Waals surface area contributed by atoms with Crippen molar-refractivity contribution in [2.45, 2.75) is 264 Å². The Labute approximate surface area is 395 Å². The summed E-state index contributed by atoms with van der Waals surface area (Å²) < 4.78 is 16.7. The maximum absolute atomic E-state index is 12.8. The number of rotatable bonds is 48. The minimum Gasteiger partial charge on any atom is -0.462 e. The van der Waals surface area contributed by atoms with Crippen LogP contribution in [0.3, 0.4) is 0 Å². The van der Waals surface area contributed by atoms with Crippen molar-refractivity contribution in [3.8, 4) is 0 Å². The maximum atomic E-state index is 12.8. The summed E-state index contributed by atoms with van der Waals surface area (Å²) in [5, 5.41) is 0. The van der Waals surface area contributed by atoms with Gasteiger partial charge in [-0.25, -0.2) is 0 Å². The third kappa shape index (κ3) is 49.9. The molecule has 0 rings (SSSR count). The highest BCUT2D eigenvalue weighted by molar-refractivity contribution is 5.71. The van der Waals surface area contributed by atoms with Crippen LogP contribution in [-0.2, 0) is 28.6 Å². The molecule has 6 heteroatoms. The van der Waals surface area contributed by atoms with Gasteiger partial charge in [0.25, 0.3) is 0 Å². The number of hydrogen-bond acceptors (Lipinski definition) is 6. The number of ether oxygens (including phenoxy) is 3. The summed E-state index contributed by atoms with van der Waals surface area (Å²) in [4.78, 5) is 38.0. The van der Waals surface area contributed by atoms with Gasteiger partial charge in [-0.2, -0.15) is 0 Å². The van der Waals surface area contributed by atoms with E-state index in [0.717, 1.165) is 77.0 Å². The number of allylic oxidation sites excluding steroid dienone is 12. The molecule has 0 aromatic heterocycles. The Morgan fingerprint density at radius 3 is 1.02 bits per heavy atom. The van der Waals surface area contributed by atoms with Crippen molar-refractivity contribution in [2.75, 3.05) is 13.2 Å². The fourth-order valence-corrected chi connectivity index (χ4v) is 7.43.